The highest BCUT2D eigenvalue weighted by molar-refractivity contribution is 7.28. The zero-order valence-electron chi connectivity index (χ0n) is 50.2. The van der Waals surface area contributed by atoms with Crippen molar-refractivity contribution in [3.63, 3.8) is 0 Å². The number of piperidine rings is 2. The predicted octanol–water partition coefficient (Wildman–Crippen LogP) is 10.2. The number of aryl methyl sites for hydroxylation is 2. The summed E-state index contributed by atoms with van der Waals surface area (Å²) in [5.74, 6) is 0.276. The SMILES string of the molecule is CCC1CCCN1C=O.CCCCCC(CCC)c1ccc2c(c1)n(C)c(=O)n2C1CCC(=O)NC1=O.CCc1c(F)ccc2cc(O)cc(-c3ncc4c(N5CCCC(O)C5)nc(OC)nc4c3P)c12.COCC1CCC2(C)CCCN12. The normalized spacial score (nSPS) is 21.9. The molecule has 8 heterocycles. The van der Waals surface area contributed by atoms with Crippen molar-refractivity contribution in [1.82, 2.24) is 39.2 Å². The van der Waals surface area contributed by atoms with E-state index in [0.29, 0.717) is 76.4 Å². The number of amides is 3. The number of aromatic nitrogens is 5. The molecule has 6 aromatic rings. The predicted molar refractivity (Wildman–Crippen MR) is 330 cm³/mol. The third kappa shape index (κ3) is 14.0. The topological polar surface area (TPSA) is 197 Å². The lowest BCUT2D eigenvalue weighted by atomic mass is 9.89. The number of methoxy groups -OCH3 is 2. The van der Waals surface area contributed by atoms with Crippen LogP contribution in [-0.2, 0) is 32.6 Å². The van der Waals surface area contributed by atoms with Crippen LogP contribution in [0.3, 0.4) is 0 Å². The summed E-state index contributed by atoms with van der Waals surface area (Å²) in [7, 11) is 7.77. The Kier molecular flexibility index (Phi) is 21.8. The van der Waals surface area contributed by atoms with Gasteiger partial charge >= 0.3 is 11.7 Å². The Labute approximate surface area is 490 Å². The molecule has 0 bridgehead atoms. The molecule has 7 atom stereocenters. The van der Waals surface area contributed by atoms with Crippen molar-refractivity contribution in [2.24, 2.45) is 7.05 Å². The number of carbonyl (C=O) groups is 3. The second-order valence-electron chi connectivity index (χ2n) is 23.4. The number of aliphatic hydroxyl groups excluding tert-OH is 1. The van der Waals surface area contributed by atoms with Gasteiger partial charge in [0, 0.05) is 74.9 Å². The molecule has 5 aliphatic heterocycles. The number of nitrogens with zero attached hydrogens (tertiary/aromatic N) is 8. The lowest BCUT2D eigenvalue weighted by Gasteiger charge is -2.31. The van der Waals surface area contributed by atoms with E-state index < -0.39 is 18.1 Å². The van der Waals surface area contributed by atoms with Gasteiger partial charge in [-0.15, -0.1) is 9.24 Å². The van der Waals surface area contributed by atoms with Gasteiger partial charge in [0.25, 0.3) is 0 Å². The fraction of sp³-hybridized carbons (Fsp3) is 0.578. The Morgan fingerprint density at radius 3 is 2.39 bits per heavy atom. The number of hydrogen-bond donors (Lipinski definition) is 3. The van der Waals surface area contributed by atoms with Crippen LogP contribution in [-0.4, -0.2) is 133 Å². The van der Waals surface area contributed by atoms with E-state index in [2.05, 4.69) is 69.3 Å². The van der Waals surface area contributed by atoms with Gasteiger partial charge < -0.3 is 29.5 Å². The van der Waals surface area contributed by atoms with Crippen LogP contribution in [0.2, 0.25) is 0 Å². The number of carbonyl (C=O) groups excluding carboxylic acids is 3. The van der Waals surface area contributed by atoms with Crippen LogP contribution < -0.4 is 25.9 Å². The van der Waals surface area contributed by atoms with Crippen LogP contribution in [0.25, 0.3) is 44.0 Å². The average Bonchev–Trinajstić information content (AvgIpc) is 4.43. The number of fused-ring (bicyclic) bond motifs is 4. The van der Waals surface area contributed by atoms with Gasteiger partial charge in [0.2, 0.25) is 18.2 Å². The molecule has 3 aromatic heterocycles. The molecular formula is C64H89FN9O8P. The Morgan fingerprint density at radius 2 is 1.70 bits per heavy atom. The largest absolute Gasteiger partial charge is 0.508 e. The number of rotatable bonds is 16. The third-order valence-corrected chi connectivity index (χ3v) is 18.5. The van der Waals surface area contributed by atoms with Gasteiger partial charge in [0.1, 0.15) is 23.4 Å². The maximum atomic E-state index is 14.7. The summed E-state index contributed by atoms with van der Waals surface area (Å²) >= 11 is 0. The second kappa shape index (κ2) is 28.7. The van der Waals surface area contributed by atoms with E-state index >= 15 is 0 Å². The van der Waals surface area contributed by atoms with E-state index in [9.17, 15) is 33.8 Å². The number of nitrogens with one attached hydrogen (secondary N) is 1. The first kappa shape index (κ1) is 63.0. The number of pyridine rings is 1. The van der Waals surface area contributed by atoms with Crippen molar-refractivity contribution >= 4 is 71.3 Å². The summed E-state index contributed by atoms with van der Waals surface area (Å²) in [4.78, 5) is 67.5. The number of halogens is 1. The summed E-state index contributed by atoms with van der Waals surface area (Å²) < 4.78 is 28.5. The summed E-state index contributed by atoms with van der Waals surface area (Å²) in [6, 6.07) is 13.4. The lowest BCUT2D eigenvalue weighted by molar-refractivity contribution is -0.135. The van der Waals surface area contributed by atoms with Gasteiger partial charge in [0.05, 0.1) is 47.5 Å². The Morgan fingerprint density at radius 1 is 0.904 bits per heavy atom. The monoisotopic (exact) mass is 1160 g/mol. The molecule has 83 heavy (non-hydrogen) atoms. The van der Waals surface area contributed by atoms with Crippen LogP contribution >= 0.6 is 9.24 Å². The minimum Gasteiger partial charge on any atom is -0.508 e. The highest BCUT2D eigenvalue weighted by Gasteiger charge is 2.45. The molecule has 5 fully saturated rings. The molecule has 450 valence electrons. The van der Waals surface area contributed by atoms with Crippen molar-refractivity contribution in [3.8, 4) is 23.0 Å². The highest BCUT2D eigenvalue weighted by atomic mass is 31.0. The molecule has 5 aliphatic rings. The van der Waals surface area contributed by atoms with E-state index in [1.54, 1.807) is 40.6 Å². The number of β-amino-alcohol motifs (C(OH)–C–C–N with tert-alkyl or cyclic N) is 1. The zero-order valence-corrected chi connectivity index (χ0v) is 51.4. The zero-order chi connectivity index (χ0) is 59.5. The van der Waals surface area contributed by atoms with Gasteiger partial charge in [-0.2, -0.15) is 9.97 Å². The highest BCUT2D eigenvalue weighted by Crippen LogP contribution is 2.42. The number of phenols is 1. The van der Waals surface area contributed by atoms with Gasteiger partial charge in [-0.25, -0.2) is 9.18 Å². The molecule has 0 spiro atoms. The van der Waals surface area contributed by atoms with E-state index in [0.717, 1.165) is 91.8 Å². The smallest absolute Gasteiger partial charge is 0.329 e. The number of anilines is 1. The fourth-order valence-corrected chi connectivity index (χ4v) is 14.0. The number of aliphatic hydroxyl groups is 1. The van der Waals surface area contributed by atoms with Gasteiger partial charge in [-0.1, -0.05) is 65.5 Å². The number of hydrogen-bond acceptors (Lipinski definition) is 13. The van der Waals surface area contributed by atoms with Crippen LogP contribution in [0.5, 0.6) is 11.8 Å². The van der Waals surface area contributed by atoms with Crippen molar-refractivity contribution in [3.05, 3.63) is 76.1 Å². The molecule has 17 nitrogen and oxygen atoms in total. The molecule has 3 amide bonds. The Hall–Kier alpha value is -6.07. The van der Waals surface area contributed by atoms with Crippen molar-refractivity contribution in [2.45, 2.75) is 186 Å². The van der Waals surface area contributed by atoms with Crippen LogP contribution in [0.1, 0.15) is 167 Å². The number of likely N-dealkylation sites (tertiary alicyclic amines) is 1. The number of aromatic hydroxyl groups is 1. The van der Waals surface area contributed by atoms with Gasteiger partial charge in [-0.05, 0) is 155 Å². The molecule has 5 saturated heterocycles. The van der Waals surface area contributed by atoms with Crippen LogP contribution in [0.4, 0.5) is 10.2 Å². The molecule has 7 unspecified atom stereocenters. The minimum atomic E-state index is -0.629. The first-order chi connectivity index (χ1) is 40.0. The molecule has 11 rings (SSSR count). The van der Waals surface area contributed by atoms with Crippen molar-refractivity contribution in [2.75, 3.05) is 51.9 Å². The number of unbranched alkanes of at least 4 members (excludes halogenated alkanes) is 2. The van der Waals surface area contributed by atoms with E-state index in [1.807, 2.05) is 29.9 Å². The molecule has 19 heteroatoms. The number of imide groups is 1. The number of phenolic OH excluding ortho intramolecular Hbond substituents is 1. The molecule has 0 radical (unpaired) electrons. The third-order valence-electron chi connectivity index (χ3n) is 17.9. The minimum absolute atomic E-state index is 0.0747. The molecule has 0 aliphatic carbocycles. The first-order valence-electron chi connectivity index (χ1n) is 30.4. The summed E-state index contributed by atoms with van der Waals surface area (Å²) in [6.45, 7) is 15.3. The standard InChI is InChI=1S/C25H26FN4O3P.C22H31N3O3.C10H19NO.C7H13NO/c1-3-16-19(26)7-6-13-9-15(32)10-17(20(13)16)21-23(34)22-18(11-27-21)24(29-25(28-22)33-2)30-8-4-5-14(31)12-30;1-4-6-7-9-15(8-5-2)16-10-11-17-19(14-16)24(3)22(28)25(17)18-12-13-20(26)23-21(18)27;1-10-5-3-7-11(10)9(4-6-10)8-12-2;1-2-7-4-3-5-8(7)6-9/h6-7,9-11,14,31-32H,3-5,8,12,34H2,1-2H3;10-11,14-15,18H,4-9,12-13H2,1-3H3,(H,23,26,27);9H,3-8H2,1-2H3;6-7H,2-5H2,1H3. The first-order valence-corrected chi connectivity index (χ1v) is 31.0. The van der Waals surface area contributed by atoms with Crippen LogP contribution in [0.15, 0.2) is 53.5 Å². The maximum Gasteiger partial charge on any atom is 0.329 e. The number of benzene rings is 3. The summed E-state index contributed by atoms with van der Waals surface area (Å²) in [5, 5.41) is 25.9. The quantitative estimate of drug-likeness (QED) is 0.0359. The summed E-state index contributed by atoms with van der Waals surface area (Å²) in [5.41, 5.74) is 5.60. The van der Waals surface area contributed by atoms with Crippen molar-refractivity contribution < 1.29 is 38.5 Å². The Bertz CT molecular complexity index is 3300. The number of imidazole rings is 1. The second-order valence-corrected chi connectivity index (χ2v) is 24.0. The number of ether oxygens (including phenoxy) is 2. The van der Waals surface area contributed by atoms with E-state index in [4.69, 9.17) is 14.5 Å². The van der Waals surface area contributed by atoms with Crippen molar-refractivity contribution in [1.29, 1.82) is 0 Å². The molecular weight excluding hydrogens is 1070 g/mol. The average molecular weight is 1160 g/mol. The summed E-state index contributed by atoms with van der Waals surface area (Å²) in [6.07, 6.45) is 21.1. The molecule has 3 aromatic carbocycles. The maximum absolute atomic E-state index is 14.7. The molecule has 3 N–H and O–H groups in total. The van der Waals surface area contributed by atoms with Gasteiger partial charge in [0.15, 0.2) is 0 Å². The lowest BCUT2D eigenvalue weighted by Crippen LogP contribution is -2.44. The van der Waals surface area contributed by atoms with Crippen LogP contribution in [0, 0.1) is 5.82 Å². The van der Waals surface area contributed by atoms with Gasteiger partial charge in [-0.3, -0.25) is 38.7 Å². The van der Waals surface area contributed by atoms with E-state index in [1.165, 1.54) is 83.1 Å². The van der Waals surface area contributed by atoms with E-state index in [-0.39, 0.29) is 35.6 Å². The Balaban J connectivity index is 0.000000163. The fourth-order valence-electron chi connectivity index (χ4n) is 13.5. The molecule has 0 saturated carbocycles.